The predicted octanol–water partition coefficient (Wildman–Crippen LogP) is 4.66. The number of rotatable bonds is 12. The third-order valence-corrected chi connectivity index (χ3v) is 3.62. The average Bonchev–Trinajstić information content (AvgIpc) is 2.35. The minimum atomic E-state index is -4.67. The van der Waals surface area contributed by atoms with E-state index in [1.165, 1.54) is 64.2 Å². The smallest absolute Gasteiger partial charge is 0.393 e. The Hall–Kier alpha value is -0.170. The van der Waals surface area contributed by atoms with Gasteiger partial charge in [-0.1, -0.05) is 78.1 Å². The number of unbranched alkanes of at least 4 members (excludes halogenated alkanes) is 6. The first kappa shape index (κ1) is 24.1. The zero-order valence-electron chi connectivity index (χ0n) is 14.5. The van der Waals surface area contributed by atoms with Gasteiger partial charge in [0.05, 0.1) is 6.10 Å². The van der Waals surface area contributed by atoms with Crippen LogP contribution in [0.15, 0.2) is 0 Å². The summed E-state index contributed by atoms with van der Waals surface area (Å²) in [4.78, 5) is 0. The van der Waals surface area contributed by atoms with Gasteiger partial charge in [0.25, 0.3) is 0 Å². The molecule has 2 unspecified atom stereocenters. The molecule has 0 aromatic rings. The quantitative estimate of drug-likeness (QED) is 0.355. The first-order valence-corrected chi connectivity index (χ1v) is 9.94. The Labute approximate surface area is 137 Å². The van der Waals surface area contributed by atoms with Gasteiger partial charge in [-0.3, -0.25) is 9.11 Å². The lowest BCUT2D eigenvalue weighted by Crippen LogP contribution is -1.99. The maximum absolute atomic E-state index is 9.15. The van der Waals surface area contributed by atoms with Gasteiger partial charge < -0.3 is 5.11 Å². The fourth-order valence-corrected chi connectivity index (χ4v) is 2.35. The Kier molecular flexibility index (Phi) is 17.2. The van der Waals surface area contributed by atoms with Gasteiger partial charge in [0, 0.05) is 0 Å². The number of hydrogen-bond acceptors (Lipinski definition) is 3. The van der Waals surface area contributed by atoms with E-state index in [-0.39, 0.29) is 6.10 Å². The third kappa shape index (κ3) is 32.0. The SMILES string of the molecule is CCCCCCCC(C)CCCCCC(C)O.O=S(=O)(O)O. The molecule has 6 heteroatoms. The highest BCUT2D eigenvalue weighted by Crippen LogP contribution is 2.17. The normalized spacial score (nSPS) is 14.1. The van der Waals surface area contributed by atoms with Crippen LogP contribution in [-0.4, -0.2) is 28.7 Å². The van der Waals surface area contributed by atoms with E-state index >= 15 is 0 Å². The summed E-state index contributed by atoms with van der Waals surface area (Å²) in [6.45, 7) is 6.56. The van der Waals surface area contributed by atoms with Crippen molar-refractivity contribution in [2.75, 3.05) is 0 Å². The van der Waals surface area contributed by atoms with Gasteiger partial charge in [0.15, 0.2) is 0 Å². The highest BCUT2D eigenvalue weighted by Gasteiger charge is 2.02. The van der Waals surface area contributed by atoms with Crippen LogP contribution in [0.2, 0.25) is 0 Å². The van der Waals surface area contributed by atoms with E-state index in [0.717, 1.165) is 12.3 Å². The Morgan fingerprint density at radius 1 is 0.773 bits per heavy atom. The van der Waals surface area contributed by atoms with Crippen molar-refractivity contribution in [3.63, 3.8) is 0 Å². The van der Waals surface area contributed by atoms with Gasteiger partial charge in [-0.25, -0.2) is 0 Å². The third-order valence-electron chi connectivity index (χ3n) is 3.62. The Balaban J connectivity index is 0. The first-order chi connectivity index (χ1) is 10.2. The lowest BCUT2D eigenvalue weighted by molar-refractivity contribution is 0.180. The first-order valence-electron chi connectivity index (χ1n) is 8.54. The van der Waals surface area contributed by atoms with Gasteiger partial charge in [-0.05, 0) is 19.3 Å². The van der Waals surface area contributed by atoms with Crippen molar-refractivity contribution in [2.45, 2.75) is 97.5 Å². The van der Waals surface area contributed by atoms with E-state index in [4.69, 9.17) is 22.6 Å². The van der Waals surface area contributed by atoms with E-state index < -0.39 is 10.4 Å². The summed E-state index contributed by atoms with van der Waals surface area (Å²) in [7, 11) is -4.67. The standard InChI is InChI=1S/C16H34O.H2O4S/c1-4-5-6-7-9-12-15(2)13-10-8-11-14-16(3)17;1-5(2,3)4/h15-17H,4-14H2,1-3H3;(H2,1,2,3,4). The number of hydrogen-bond donors (Lipinski definition) is 3. The molecular weight excluding hydrogens is 304 g/mol. The van der Waals surface area contributed by atoms with Crippen LogP contribution in [0.1, 0.15) is 91.4 Å². The Bertz CT molecular complexity index is 306. The van der Waals surface area contributed by atoms with Crippen molar-refractivity contribution < 1.29 is 22.6 Å². The molecule has 0 aliphatic rings. The average molecular weight is 341 g/mol. The number of aliphatic hydroxyl groups excluding tert-OH is 1. The van der Waals surface area contributed by atoms with Crippen LogP contribution >= 0.6 is 0 Å². The highest BCUT2D eigenvalue weighted by molar-refractivity contribution is 7.79. The van der Waals surface area contributed by atoms with E-state index in [1.54, 1.807) is 0 Å². The van der Waals surface area contributed by atoms with Gasteiger partial charge in [-0.15, -0.1) is 0 Å². The summed E-state index contributed by atoms with van der Waals surface area (Å²) >= 11 is 0. The van der Waals surface area contributed by atoms with Crippen molar-refractivity contribution in [2.24, 2.45) is 5.92 Å². The molecule has 0 aromatic carbocycles. The second-order valence-electron chi connectivity index (χ2n) is 6.24. The van der Waals surface area contributed by atoms with E-state index in [2.05, 4.69) is 13.8 Å². The minimum absolute atomic E-state index is 0.106. The number of aliphatic hydroxyl groups is 1. The van der Waals surface area contributed by atoms with Crippen LogP contribution in [0, 0.1) is 5.92 Å². The topological polar surface area (TPSA) is 94.8 Å². The van der Waals surface area contributed by atoms with Gasteiger partial charge in [-0.2, -0.15) is 8.42 Å². The predicted molar refractivity (Wildman–Crippen MR) is 91.5 cm³/mol. The van der Waals surface area contributed by atoms with Crippen LogP contribution in [-0.2, 0) is 10.4 Å². The molecule has 0 amide bonds. The second-order valence-corrected chi connectivity index (χ2v) is 7.14. The molecule has 0 rings (SSSR count). The highest BCUT2D eigenvalue weighted by atomic mass is 32.3. The van der Waals surface area contributed by atoms with E-state index in [9.17, 15) is 0 Å². The summed E-state index contributed by atoms with van der Waals surface area (Å²) in [5.41, 5.74) is 0. The maximum atomic E-state index is 9.15. The monoisotopic (exact) mass is 340 g/mol. The molecule has 0 spiro atoms. The van der Waals surface area contributed by atoms with Crippen LogP contribution < -0.4 is 0 Å². The van der Waals surface area contributed by atoms with Gasteiger partial charge in [0.1, 0.15) is 0 Å². The summed E-state index contributed by atoms with van der Waals surface area (Å²) in [6.07, 6.45) is 14.6. The van der Waals surface area contributed by atoms with Crippen LogP contribution in [0.5, 0.6) is 0 Å². The molecule has 0 aliphatic carbocycles. The van der Waals surface area contributed by atoms with E-state index in [0.29, 0.717) is 0 Å². The molecule has 0 saturated heterocycles. The largest absolute Gasteiger partial charge is 0.394 e. The molecule has 5 nitrogen and oxygen atoms in total. The Morgan fingerprint density at radius 3 is 1.55 bits per heavy atom. The van der Waals surface area contributed by atoms with Gasteiger partial charge in [0.2, 0.25) is 0 Å². The molecule has 0 saturated carbocycles. The van der Waals surface area contributed by atoms with E-state index in [1.807, 2.05) is 6.92 Å². The molecule has 0 radical (unpaired) electrons. The molecule has 0 aromatic heterocycles. The molecule has 2 atom stereocenters. The molecule has 0 aliphatic heterocycles. The van der Waals surface area contributed by atoms with Crippen molar-refractivity contribution in [1.82, 2.24) is 0 Å². The van der Waals surface area contributed by atoms with Crippen LogP contribution in [0.3, 0.4) is 0 Å². The van der Waals surface area contributed by atoms with Crippen LogP contribution in [0.4, 0.5) is 0 Å². The molecule has 0 fully saturated rings. The van der Waals surface area contributed by atoms with Crippen molar-refractivity contribution in [3.8, 4) is 0 Å². The van der Waals surface area contributed by atoms with Crippen molar-refractivity contribution in [1.29, 1.82) is 0 Å². The summed E-state index contributed by atoms with van der Waals surface area (Å²) in [5.74, 6) is 0.906. The summed E-state index contributed by atoms with van der Waals surface area (Å²) in [6, 6.07) is 0. The second kappa shape index (κ2) is 15.7. The molecule has 22 heavy (non-hydrogen) atoms. The zero-order valence-corrected chi connectivity index (χ0v) is 15.3. The molecule has 3 N–H and O–H groups in total. The fourth-order valence-electron chi connectivity index (χ4n) is 2.35. The Morgan fingerprint density at radius 2 is 1.14 bits per heavy atom. The minimum Gasteiger partial charge on any atom is -0.393 e. The molecule has 136 valence electrons. The zero-order chi connectivity index (χ0) is 17.4. The molecule has 0 heterocycles. The lowest BCUT2D eigenvalue weighted by Gasteiger charge is -2.11. The summed E-state index contributed by atoms with van der Waals surface area (Å²) in [5, 5.41) is 9.15. The summed E-state index contributed by atoms with van der Waals surface area (Å²) < 4.78 is 31.6. The van der Waals surface area contributed by atoms with Gasteiger partial charge >= 0.3 is 10.4 Å². The van der Waals surface area contributed by atoms with Crippen molar-refractivity contribution >= 4 is 10.4 Å². The lowest BCUT2D eigenvalue weighted by atomic mass is 9.96. The maximum Gasteiger partial charge on any atom is 0.394 e. The van der Waals surface area contributed by atoms with Crippen LogP contribution in [0.25, 0.3) is 0 Å². The molecule has 0 bridgehead atoms. The van der Waals surface area contributed by atoms with Crippen molar-refractivity contribution in [3.05, 3.63) is 0 Å². The fraction of sp³-hybridized carbons (Fsp3) is 1.00. The molecular formula is C16H36O5S.